The van der Waals surface area contributed by atoms with Gasteiger partial charge in [-0.25, -0.2) is 0 Å². The molecule has 6 heteroatoms. The highest BCUT2D eigenvalue weighted by atomic mass is 16.2. The molecule has 3 rings (SSSR count). The predicted octanol–water partition coefficient (Wildman–Crippen LogP) is 0.515. The number of imide groups is 1. The van der Waals surface area contributed by atoms with Gasteiger partial charge in [0.1, 0.15) is 0 Å². The number of nitrogens with two attached hydrogens (primary N) is 1. The van der Waals surface area contributed by atoms with Crippen molar-refractivity contribution in [2.24, 2.45) is 5.73 Å². The standard InChI is InChI=1S/C14H16N4O2/c15-5-6-18-8-10-2-1-9(7-12(10)17-18)11-3-4-13(19)16-14(11)20/h1-2,7-8,11H,3-6,15H2,(H,16,19,20). The van der Waals surface area contributed by atoms with Crippen LogP contribution in [-0.4, -0.2) is 28.1 Å². The number of carbonyl (C=O) groups excluding carboxylic acids is 2. The number of aromatic nitrogens is 2. The van der Waals surface area contributed by atoms with Crippen molar-refractivity contribution in [2.75, 3.05) is 6.54 Å². The smallest absolute Gasteiger partial charge is 0.234 e. The zero-order valence-corrected chi connectivity index (χ0v) is 11.0. The summed E-state index contributed by atoms with van der Waals surface area (Å²) in [4.78, 5) is 23.1. The lowest BCUT2D eigenvalue weighted by Crippen LogP contribution is -2.39. The Morgan fingerprint density at radius 3 is 3.00 bits per heavy atom. The van der Waals surface area contributed by atoms with E-state index in [9.17, 15) is 9.59 Å². The molecule has 0 saturated carbocycles. The van der Waals surface area contributed by atoms with E-state index in [1.165, 1.54) is 0 Å². The molecule has 1 aromatic carbocycles. The molecule has 6 nitrogen and oxygen atoms in total. The SMILES string of the molecule is NCCn1cc2ccc(C3CCC(=O)NC3=O)cc2n1. The van der Waals surface area contributed by atoms with Crippen LogP contribution in [0.4, 0.5) is 0 Å². The van der Waals surface area contributed by atoms with Crippen LogP contribution in [0.2, 0.25) is 0 Å². The molecule has 0 bridgehead atoms. The first-order valence-corrected chi connectivity index (χ1v) is 6.68. The van der Waals surface area contributed by atoms with Gasteiger partial charge in [-0.15, -0.1) is 0 Å². The van der Waals surface area contributed by atoms with Crippen molar-refractivity contribution >= 4 is 22.7 Å². The van der Waals surface area contributed by atoms with E-state index in [-0.39, 0.29) is 17.7 Å². The number of hydrogen-bond acceptors (Lipinski definition) is 4. The highest BCUT2D eigenvalue weighted by molar-refractivity contribution is 6.01. The van der Waals surface area contributed by atoms with Gasteiger partial charge in [0.15, 0.2) is 0 Å². The Balaban J connectivity index is 1.92. The number of piperidine rings is 1. The minimum atomic E-state index is -0.267. The third-order valence-electron chi connectivity index (χ3n) is 3.58. The molecule has 1 saturated heterocycles. The molecule has 2 amide bonds. The first-order valence-electron chi connectivity index (χ1n) is 6.68. The third kappa shape index (κ3) is 2.30. The van der Waals surface area contributed by atoms with Gasteiger partial charge in [0.05, 0.1) is 18.0 Å². The van der Waals surface area contributed by atoms with Crippen molar-refractivity contribution < 1.29 is 9.59 Å². The van der Waals surface area contributed by atoms with Gasteiger partial charge in [-0.2, -0.15) is 5.10 Å². The molecule has 1 atom stereocenters. The molecular weight excluding hydrogens is 256 g/mol. The van der Waals surface area contributed by atoms with Crippen LogP contribution in [0.15, 0.2) is 24.4 Å². The molecule has 0 spiro atoms. The first-order chi connectivity index (χ1) is 9.67. The Kier molecular flexibility index (Phi) is 3.23. The van der Waals surface area contributed by atoms with Crippen molar-refractivity contribution in [3.8, 4) is 0 Å². The molecule has 0 radical (unpaired) electrons. The average Bonchev–Trinajstić information content (AvgIpc) is 2.80. The Morgan fingerprint density at radius 2 is 2.25 bits per heavy atom. The van der Waals surface area contributed by atoms with Gasteiger partial charge in [0.2, 0.25) is 11.8 Å². The maximum atomic E-state index is 11.9. The Hall–Kier alpha value is -2.21. The third-order valence-corrected chi connectivity index (χ3v) is 3.58. The van der Waals surface area contributed by atoms with Crippen LogP contribution in [-0.2, 0) is 16.1 Å². The fourth-order valence-corrected chi connectivity index (χ4v) is 2.56. The summed E-state index contributed by atoms with van der Waals surface area (Å²) in [5.74, 6) is -0.682. The van der Waals surface area contributed by atoms with E-state index in [4.69, 9.17) is 5.73 Å². The summed E-state index contributed by atoms with van der Waals surface area (Å²) in [6.45, 7) is 1.20. The number of rotatable bonds is 3. The number of carbonyl (C=O) groups is 2. The summed E-state index contributed by atoms with van der Waals surface area (Å²) in [5, 5.41) is 7.84. The molecule has 1 unspecified atom stereocenters. The summed E-state index contributed by atoms with van der Waals surface area (Å²) in [7, 11) is 0. The highest BCUT2D eigenvalue weighted by Crippen LogP contribution is 2.27. The number of hydrogen-bond donors (Lipinski definition) is 2. The van der Waals surface area contributed by atoms with Crippen LogP contribution in [0.5, 0.6) is 0 Å². The van der Waals surface area contributed by atoms with E-state index in [2.05, 4.69) is 10.4 Å². The van der Waals surface area contributed by atoms with Crippen LogP contribution >= 0.6 is 0 Å². The number of fused-ring (bicyclic) bond motifs is 1. The van der Waals surface area contributed by atoms with Crippen molar-refractivity contribution in [3.05, 3.63) is 30.0 Å². The number of benzene rings is 1. The monoisotopic (exact) mass is 272 g/mol. The van der Waals surface area contributed by atoms with Crippen molar-refractivity contribution in [2.45, 2.75) is 25.3 Å². The lowest BCUT2D eigenvalue weighted by molar-refractivity contribution is -0.134. The first kappa shape index (κ1) is 12.8. The zero-order valence-electron chi connectivity index (χ0n) is 11.0. The van der Waals surface area contributed by atoms with Crippen LogP contribution in [0.1, 0.15) is 24.3 Å². The van der Waals surface area contributed by atoms with Crippen molar-refractivity contribution in [1.29, 1.82) is 0 Å². The molecule has 1 fully saturated rings. The van der Waals surface area contributed by atoms with E-state index in [1.54, 1.807) is 4.68 Å². The number of nitrogens with zero attached hydrogens (tertiary/aromatic N) is 2. The van der Waals surface area contributed by atoms with Crippen molar-refractivity contribution in [3.63, 3.8) is 0 Å². The van der Waals surface area contributed by atoms with Gasteiger partial charge < -0.3 is 5.73 Å². The minimum absolute atomic E-state index is 0.195. The van der Waals surface area contributed by atoms with Crippen LogP contribution < -0.4 is 11.1 Å². The molecule has 20 heavy (non-hydrogen) atoms. The second-order valence-electron chi connectivity index (χ2n) is 5.00. The van der Waals surface area contributed by atoms with Gasteiger partial charge in [0.25, 0.3) is 0 Å². The lowest BCUT2D eigenvalue weighted by atomic mass is 9.90. The number of nitrogens with one attached hydrogen (secondary N) is 1. The maximum absolute atomic E-state index is 11.9. The van der Waals surface area contributed by atoms with Crippen LogP contribution in [0.25, 0.3) is 10.9 Å². The quantitative estimate of drug-likeness (QED) is 0.797. The van der Waals surface area contributed by atoms with Crippen LogP contribution in [0.3, 0.4) is 0 Å². The summed E-state index contributed by atoms with van der Waals surface area (Å²) in [5.41, 5.74) is 7.27. The molecule has 1 aliphatic rings. The van der Waals surface area contributed by atoms with Gasteiger partial charge >= 0.3 is 0 Å². The van der Waals surface area contributed by atoms with Crippen molar-refractivity contribution in [1.82, 2.24) is 15.1 Å². The normalized spacial score (nSPS) is 19.4. The molecule has 104 valence electrons. The second kappa shape index (κ2) is 5.05. The molecular formula is C14H16N4O2. The Morgan fingerprint density at radius 1 is 1.40 bits per heavy atom. The second-order valence-corrected chi connectivity index (χ2v) is 5.00. The fourth-order valence-electron chi connectivity index (χ4n) is 2.56. The van der Waals surface area contributed by atoms with Gasteiger partial charge in [-0.1, -0.05) is 12.1 Å². The van der Waals surface area contributed by atoms with Crippen LogP contribution in [0, 0.1) is 0 Å². The minimum Gasteiger partial charge on any atom is -0.329 e. The fraction of sp³-hybridized carbons (Fsp3) is 0.357. The summed E-state index contributed by atoms with van der Waals surface area (Å²) in [6, 6.07) is 5.80. The van der Waals surface area contributed by atoms with E-state index in [1.807, 2.05) is 24.4 Å². The average molecular weight is 272 g/mol. The molecule has 2 heterocycles. The van der Waals surface area contributed by atoms with Gasteiger partial charge in [-0.05, 0) is 18.1 Å². The van der Waals surface area contributed by atoms with E-state index in [0.29, 0.717) is 25.9 Å². The Labute approximate surface area is 115 Å². The topological polar surface area (TPSA) is 90.0 Å². The molecule has 1 aliphatic heterocycles. The Bertz CT molecular complexity index is 677. The highest BCUT2D eigenvalue weighted by Gasteiger charge is 2.28. The van der Waals surface area contributed by atoms with E-state index >= 15 is 0 Å². The van der Waals surface area contributed by atoms with Gasteiger partial charge in [0, 0.05) is 24.5 Å². The largest absolute Gasteiger partial charge is 0.329 e. The number of amides is 2. The predicted molar refractivity (Wildman–Crippen MR) is 73.9 cm³/mol. The maximum Gasteiger partial charge on any atom is 0.234 e. The lowest BCUT2D eigenvalue weighted by Gasteiger charge is -2.20. The summed E-state index contributed by atoms with van der Waals surface area (Å²) >= 11 is 0. The zero-order chi connectivity index (χ0) is 14.1. The van der Waals surface area contributed by atoms with Gasteiger partial charge in [-0.3, -0.25) is 19.6 Å². The molecule has 2 aromatic rings. The van der Waals surface area contributed by atoms with E-state index < -0.39 is 0 Å². The summed E-state index contributed by atoms with van der Waals surface area (Å²) in [6.07, 6.45) is 2.88. The summed E-state index contributed by atoms with van der Waals surface area (Å²) < 4.78 is 1.80. The molecule has 1 aromatic heterocycles. The molecule has 3 N–H and O–H groups in total. The van der Waals surface area contributed by atoms with E-state index in [0.717, 1.165) is 16.5 Å². The molecule has 0 aliphatic carbocycles.